The van der Waals surface area contributed by atoms with Crippen molar-refractivity contribution >= 4 is 5.78 Å². The van der Waals surface area contributed by atoms with Gasteiger partial charge in [0.1, 0.15) is 0 Å². The first-order valence-corrected chi connectivity index (χ1v) is 13.0. The van der Waals surface area contributed by atoms with Crippen molar-refractivity contribution in [1.82, 2.24) is 0 Å². The molecule has 0 amide bonds. The third-order valence-electron chi connectivity index (χ3n) is 11.2. The molecule has 178 valence electrons. The Morgan fingerprint density at radius 1 is 1.06 bits per heavy atom. The van der Waals surface area contributed by atoms with Gasteiger partial charge < -0.3 is 19.7 Å². The van der Waals surface area contributed by atoms with Crippen LogP contribution >= 0.6 is 0 Å². The fourth-order valence-corrected chi connectivity index (χ4v) is 9.28. The molecule has 0 bridgehead atoms. The van der Waals surface area contributed by atoms with Crippen molar-refractivity contribution in [1.29, 1.82) is 0 Å². The van der Waals surface area contributed by atoms with Crippen LogP contribution in [0.15, 0.2) is 11.6 Å². The van der Waals surface area contributed by atoms with E-state index in [0.29, 0.717) is 30.6 Å². The summed E-state index contributed by atoms with van der Waals surface area (Å²) in [6.07, 6.45) is 8.75. The smallest absolute Gasteiger partial charge is 0.171 e. The summed E-state index contributed by atoms with van der Waals surface area (Å²) < 4.78 is 13.1. The van der Waals surface area contributed by atoms with Gasteiger partial charge >= 0.3 is 0 Å². The Labute approximate surface area is 191 Å². The molecular formula is C27H40O5. The quantitative estimate of drug-likeness (QED) is 0.548. The lowest BCUT2D eigenvalue weighted by Gasteiger charge is -2.57. The number of carbonyl (C=O) groups is 1. The lowest BCUT2D eigenvalue weighted by molar-refractivity contribution is -0.271. The van der Waals surface area contributed by atoms with Crippen LogP contribution in [-0.4, -0.2) is 40.3 Å². The van der Waals surface area contributed by atoms with Gasteiger partial charge in [-0.25, -0.2) is 0 Å². The van der Waals surface area contributed by atoms with Gasteiger partial charge in [-0.3, -0.25) is 4.79 Å². The number of rotatable bonds is 0. The molecule has 0 aromatic heterocycles. The summed E-state index contributed by atoms with van der Waals surface area (Å²) in [5.41, 5.74) is 0.828. The minimum Gasteiger partial charge on any atom is -0.366 e. The number of ketones is 1. The Kier molecular flexibility index (Phi) is 4.54. The van der Waals surface area contributed by atoms with Crippen molar-refractivity contribution < 1.29 is 24.5 Å². The van der Waals surface area contributed by atoms with Crippen LogP contribution in [0.3, 0.4) is 0 Å². The van der Waals surface area contributed by atoms with E-state index in [1.807, 2.05) is 6.08 Å². The number of ether oxygens (including phenoxy) is 2. The SMILES string of the molecule is CC1CC[C@@]2(OC1)O[C@H]1C[C@H]3[C@@H]4CCC5CC(O)(O)CC[C@]5(C)C4=CC(=O)[C@]3(C)[C@H]1[C@@H]2C. The molecule has 6 rings (SSSR count). The Morgan fingerprint density at radius 2 is 1.84 bits per heavy atom. The van der Waals surface area contributed by atoms with E-state index in [1.54, 1.807) is 0 Å². The van der Waals surface area contributed by atoms with Crippen LogP contribution in [-0.2, 0) is 14.3 Å². The molecule has 1 spiro atoms. The molecule has 5 heteroatoms. The molecule has 32 heavy (non-hydrogen) atoms. The molecule has 10 atom stereocenters. The summed E-state index contributed by atoms with van der Waals surface area (Å²) >= 11 is 0. The monoisotopic (exact) mass is 444 g/mol. The summed E-state index contributed by atoms with van der Waals surface area (Å²) in [7, 11) is 0. The maximum Gasteiger partial charge on any atom is 0.171 e. The predicted octanol–water partition coefficient (Wildman–Crippen LogP) is 4.21. The number of carbonyl (C=O) groups excluding carboxylic acids is 1. The number of hydrogen-bond donors (Lipinski definition) is 2. The third kappa shape index (κ3) is 2.68. The van der Waals surface area contributed by atoms with Crippen LogP contribution in [0.25, 0.3) is 0 Å². The molecule has 2 saturated heterocycles. The largest absolute Gasteiger partial charge is 0.366 e. The fraction of sp³-hybridized carbons (Fsp3) is 0.889. The highest BCUT2D eigenvalue weighted by Gasteiger charge is 2.70. The van der Waals surface area contributed by atoms with E-state index in [2.05, 4.69) is 27.7 Å². The molecule has 0 aromatic rings. The summed E-state index contributed by atoms with van der Waals surface area (Å²) in [4.78, 5) is 13.9. The third-order valence-corrected chi connectivity index (χ3v) is 11.2. The van der Waals surface area contributed by atoms with Crippen molar-refractivity contribution in [2.24, 2.45) is 46.3 Å². The highest BCUT2D eigenvalue weighted by Crippen LogP contribution is 2.69. The lowest BCUT2D eigenvalue weighted by atomic mass is 9.47. The topological polar surface area (TPSA) is 76.0 Å². The zero-order chi connectivity index (χ0) is 22.7. The van der Waals surface area contributed by atoms with E-state index in [-0.39, 0.29) is 40.5 Å². The normalized spacial score (nSPS) is 56.2. The zero-order valence-electron chi connectivity index (χ0n) is 20.1. The first kappa shape index (κ1) is 21.8. The Bertz CT molecular complexity index is 854. The van der Waals surface area contributed by atoms with E-state index in [9.17, 15) is 15.0 Å². The summed E-state index contributed by atoms with van der Waals surface area (Å²) in [5, 5.41) is 20.6. The van der Waals surface area contributed by atoms with Gasteiger partial charge in [-0.05, 0) is 67.3 Å². The number of fused-ring (bicyclic) bond motifs is 7. The lowest BCUT2D eigenvalue weighted by Crippen LogP contribution is -2.54. The second kappa shape index (κ2) is 6.68. The maximum atomic E-state index is 13.9. The molecule has 5 fully saturated rings. The highest BCUT2D eigenvalue weighted by molar-refractivity contribution is 5.97. The second-order valence-corrected chi connectivity index (χ2v) is 12.8. The first-order valence-electron chi connectivity index (χ1n) is 13.0. The van der Waals surface area contributed by atoms with Gasteiger partial charge in [-0.15, -0.1) is 0 Å². The van der Waals surface area contributed by atoms with E-state index >= 15 is 0 Å². The van der Waals surface area contributed by atoms with Crippen LogP contribution in [0.1, 0.15) is 79.1 Å². The molecular weight excluding hydrogens is 404 g/mol. The van der Waals surface area contributed by atoms with E-state index in [1.165, 1.54) is 5.57 Å². The Balaban J connectivity index is 1.34. The van der Waals surface area contributed by atoms with E-state index in [4.69, 9.17) is 9.47 Å². The average Bonchev–Trinajstić information content (AvgIpc) is 3.18. The second-order valence-electron chi connectivity index (χ2n) is 12.8. The van der Waals surface area contributed by atoms with E-state index < -0.39 is 11.6 Å². The first-order chi connectivity index (χ1) is 15.0. The van der Waals surface area contributed by atoms with Gasteiger partial charge in [0.15, 0.2) is 17.4 Å². The van der Waals surface area contributed by atoms with Gasteiger partial charge in [0.2, 0.25) is 0 Å². The number of hydrogen-bond acceptors (Lipinski definition) is 5. The van der Waals surface area contributed by atoms with Crippen LogP contribution in [0.2, 0.25) is 0 Å². The highest BCUT2D eigenvalue weighted by atomic mass is 16.7. The van der Waals surface area contributed by atoms with Crippen LogP contribution in [0.5, 0.6) is 0 Å². The van der Waals surface area contributed by atoms with Crippen molar-refractivity contribution in [3.05, 3.63) is 11.6 Å². The number of allylic oxidation sites excluding steroid dienone is 2. The molecule has 2 heterocycles. The molecule has 5 nitrogen and oxygen atoms in total. The Morgan fingerprint density at radius 3 is 2.56 bits per heavy atom. The standard InChI is InChI=1S/C27H40O5/c1-15-7-8-27(31-14-15)16(2)23-21(32-27)11-20-18-6-5-17-13-26(29,30)10-9-24(17,3)19(18)12-22(28)25(20,23)4/h12,15-18,20-21,23,29-30H,5-11,13-14H2,1-4H3/t15?,16-,17?,18+,20-,21-,23-,24-,25+,27+/m0/s1. The van der Waals surface area contributed by atoms with Crippen LogP contribution < -0.4 is 0 Å². The molecule has 2 aliphatic heterocycles. The van der Waals surface area contributed by atoms with Gasteiger partial charge in [-0.2, -0.15) is 0 Å². The van der Waals surface area contributed by atoms with Gasteiger partial charge in [0.25, 0.3) is 0 Å². The molecule has 2 N–H and O–H groups in total. The summed E-state index contributed by atoms with van der Waals surface area (Å²) in [6, 6.07) is 0. The van der Waals surface area contributed by atoms with Crippen molar-refractivity contribution in [2.75, 3.05) is 6.61 Å². The molecule has 6 aliphatic rings. The predicted molar refractivity (Wildman–Crippen MR) is 119 cm³/mol. The molecule has 0 aromatic carbocycles. The van der Waals surface area contributed by atoms with Crippen molar-refractivity contribution in [2.45, 2.75) is 96.7 Å². The van der Waals surface area contributed by atoms with Gasteiger partial charge in [0.05, 0.1) is 12.7 Å². The fourth-order valence-electron chi connectivity index (χ4n) is 9.28. The summed E-state index contributed by atoms with van der Waals surface area (Å²) in [5.74, 6) is 0.208. The van der Waals surface area contributed by atoms with Crippen molar-refractivity contribution in [3.8, 4) is 0 Å². The van der Waals surface area contributed by atoms with Gasteiger partial charge in [0, 0.05) is 36.5 Å². The minimum atomic E-state index is -1.55. The number of aliphatic hydroxyl groups is 2. The molecule has 4 aliphatic carbocycles. The van der Waals surface area contributed by atoms with Crippen molar-refractivity contribution in [3.63, 3.8) is 0 Å². The van der Waals surface area contributed by atoms with Crippen LogP contribution in [0, 0.1) is 46.3 Å². The summed E-state index contributed by atoms with van der Waals surface area (Å²) in [6.45, 7) is 9.76. The zero-order valence-corrected chi connectivity index (χ0v) is 20.1. The molecule has 0 radical (unpaired) electrons. The minimum absolute atomic E-state index is 0.0944. The van der Waals surface area contributed by atoms with E-state index in [0.717, 1.165) is 45.1 Å². The van der Waals surface area contributed by atoms with Crippen LogP contribution in [0.4, 0.5) is 0 Å². The average molecular weight is 445 g/mol. The molecule has 2 unspecified atom stereocenters. The van der Waals surface area contributed by atoms with Gasteiger partial charge in [-0.1, -0.05) is 33.3 Å². The Hall–Kier alpha value is -0.750. The maximum absolute atomic E-state index is 13.9. The molecule has 3 saturated carbocycles.